The van der Waals surface area contributed by atoms with E-state index in [0.717, 1.165) is 19.4 Å². The zero-order chi connectivity index (χ0) is 16.1. The minimum atomic E-state index is -0.453. The minimum Gasteiger partial charge on any atom is -0.391 e. The SMILES string of the molecule is CC(C)C[C@H](O)CNC(=O)[C@@H]1CCN(c2ccccc2)[C@@H]1C. The van der Waals surface area contributed by atoms with Gasteiger partial charge >= 0.3 is 0 Å². The highest BCUT2D eigenvalue weighted by molar-refractivity contribution is 5.80. The maximum atomic E-state index is 12.4. The first-order chi connectivity index (χ1) is 10.5. The summed E-state index contributed by atoms with van der Waals surface area (Å²) in [6.07, 6.45) is 1.13. The number of amides is 1. The van der Waals surface area contributed by atoms with Crippen molar-refractivity contribution in [2.45, 2.75) is 45.8 Å². The molecule has 22 heavy (non-hydrogen) atoms. The van der Waals surface area contributed by atoms with E-state index in [0.29, 0.717) is 12.5 Å². The van der Waals surface area contributed by atoms with Crippen LogP contribution in [0.1, 0.15) is 33.6 Å². The lowest BCUT2D eigenvalue weighted by atomic mass is 10.00. The van der Waals surface area contributed by atoms with E-state index in [-0.39, 0.29) is 17.9 Å². The zero-order valence-corrected chi connectivity index (χ0v) is 13.8. The monoisotopic (exact) mass is 304 g/mol. The highest BCUT2D eigenvalue weighted by Crippen LogP contribution is 2.29. The predicted octanol–water partition coefficient (Wildman–Crippen LogP) is 2.42. The van der Waals surface area contributed by atoms with Crippen molar-refractivity contribution < 1.29 is 9.90 Å². The molecule has 1 fully saturated rings. The van der Waals surface area contributed by atoms with Gasteiger partial charge in [-0.05, 0) is 37.8 Å². The molecule has 2 rings (SSSR count). The fourth-order valence-corrected chi connectivity index (χ4v) is 3.25. The molecule has 0 aliphatic carbocycles. The van der Waals surface area contributed by atoms with E-state index < -0.39 is 6.10 Å². The summed E-state index contributed by atoms with van der Waals surface area (Å²) in [6.45, 7) is 7.50. The van der Waals surface area contributed by atoms with Crippen LogP contribution in [0, 0.1) is 11.8 Å². The van der Waals surface area contributed by atoms with Crippen molar-refractivity contribution in [3.63, 3.8) is 0 Å². The number of benzene rings is 1. The summed E-state index contributed by atoms with van der Waals surface area (Å²) in [5.74, 6) is 0.492. The summed E-state index contributed by atoms with van der Waals surface area (Å²) in [5.41, 5.74) is 1.17. The smallest absolute Gasteiger partial charge is 0.225 e. The van der Waals surface area contributed by atoms with Gasteiger partial charge in [0.2, 0.25) is 5.91 Å². The van der Waals surface area contributed by atoms with Gasteiger partial charge < -0.3 is 15.3 Å². The van der Waals surface area contributed by atoms with Crippen molar-refractivity contribution >= 4 is 11.6 Å². The topological polar surface area (TPSA) is 52.6 Å². The van der Waals surface area contributed by atoms with Gasteiger partial charge in [-0.15, -0.1) is 0 Å². The molecule has 4 heteroatoms. The van der Waals surface area contributed by atoms with E-state index in [1.54, 1.807) is 0 Å². The summed E-state index contributed by atoms with van der Waals surface area (Å²) < 4.78 is 0. The number of carbonyl (C=O) groups excluding carboxylic acids is 1. The Hall–Kier alpha value is -1.55. The third-order valence-electron chi connectivity index (χ3n) is 4.43. The Morgan fingerprint density at radius 3 is 2.68 bits per heavy atom. The number of hydrogen-bond acceptors (Lipinski definition) is 3. The number of para-hydroxylation sites is 1. The van der Waals surface area contributed by atoms with Crippen molar-refractivity contribution in [1.29, 1.82) is 0 Å². The van der Waals surface area contributed by atoms with Crippen LogP contribution < -0.4 is 10.2 Å². The van der Waals surface area contributed by atoms with Crippen LogP contribution in [0.25, 0.3) is 0 Å². The second kappa shape index (κ2) is 7.63. The predicted molar refractivity (Wildman–Crippen MR) is 89.8 cm³/mol. The maximum Gasteiger partial charge on any atom is 0.225 e. The number of aliphatic hydroxyl groups is 1. The first kappa shape index (κ1) is 16.8. The minimum absolute atomic E-state index is 0.00791. The van der Waals surface area contributed by atoms with Gasteiger partial charge in [-0.1, -0.05) is 32.0 Å². The van der Waals surface area contributed by atoms with Gasteiger partial charge in [0.1, 0.15) is 0 Å². The fraction of sp³-hybridized carbons (Fsp3) is 0.611. The first-order valence-electron chi connectivity index (χ1n) is 8.26. The van der Waals surface area contributed by atoms with Gasteiger partial charge in [0.25, 0.3) is 0 Å². The van der Waals surface area contributed by atoms with Gasteiger partial charge in [0.05, 0.1) is 12.0 Å². The largest absolute Gasteiger partial charge is 0.391 e. The third kappa shape index (κ3) is 4.23. The van der Waals surface area contributed by atoms with E-state index in [9.17, 15) is 9.90 Å². The van der Waals surface area contributed by atoms with Gasteiger partial charge in [-0.3, -0.25) is 4.79 Å². The van der Waals surface area contributed by atoms with E-state index in [1.165, 1.54) is 5.69 Å². The van der Waals surface area contributed by atoms with Crippen LogP contribution in [0.3, 0.4) is 0 Å². The highest BCUT2D eigenvalue weighted by atomic mass is 16.3. The summed E-state index contributed by atoms with van der Waals surface area (Å²) in [5, 5.41) is 12.8. The molecule has 1 aromatic carbocycles. The van der Waals surface area contributed by atoms with Crippen LogP contribution in [0.2, 0.25) is 0 Å². The number of rotatable bonds is 6. The van der Waals surface area contributed by atoms with E-state index in [4.69, 9.17) is 0 Å². The standard InChI is InChI=1S/C18H28N2O2/c1-13(2)11-16(21)12-19-18(22)17-9-10-20(14(17)3)15-7-5-4-6-8-15/h4-8,13-14,16-17,21H,9-12H2,1-3H3,(H,19,22)/t14-,16+,17-/m1/s1. The zero-order valence-electron chi connectivity index (χ0n) is 13.8. The second-order valence-corrected chi connectivity index (χ2v) is 6.69. The third-order valence-corrected chi connectivity index (χ3v) is 4.43. The van der Waals surface area contributed by atoms with Crippen molar-refractivity contribution in [1.82, 2.24) is 5.32 Å². The average Bonchev–Trinajstić information content (AvgIpc) is 2.87. The lowest BCUT2D eigenvalue weighted by Gasteiger charge is -2.26. The van der Waals surface area contributed by atoms with Gasteiger partial charge in [0.15, 0.2) is 0 Å². The van der Waals surface area contributed by atoms with Gasteiger partial charge in [0, 0.05) is 24.8 Å². The molecule has 3 atom stereocenters. The Morgan fingerprint density at radius 2 is 2.05 bits per heavy atom. The Bertz CT molecular complexity index is 475. The van der Waals surface area contributed by atoms with Crippen molar-refractivity contribution in [3.8, 4) is 0 Å². The molecule has 122 valence electrons. The maximum absolute atomic E-state index is 12.4. The molecule has 2 N–H and O–H groups in total. The summed E-state index contributed by atoms with van der Waals surface area (Å²) in [7, 11) is 0. The van der Waals surface area contributed by atoms with Crippen molar-refractivity contribution in [2.75, 3.05) is 18.0 Å². The number of nitrogens with one attached hydrogen (secondary N) is 1. The average molecular weight is 304 g/mol. The molecular formula is C18H28N2O2. The molecule has 0 bridgehead atoms. The van der Waals surface area contributed by atoms with E-state index >= 15 is 0 Å². The van der Waals surface area contributed by atoms with Crippen LogP contribution in [0.4, 0.5) is 5.69 Å². The van der Waals surface area contributed by atoms with E-state index in [2.05, 4.69) is 43.1 Å². The van der Waals surface area contributed by atoms with Crippen LogP contribution in [0.15, 0.2) is 30.3 Å². The Morgan fingerprint density at radius 1 is 1.36 bits per heavy atom. The molecule has 1 aromatic rings. The van der Waals surface area contributed by atoms with E-state index in [1.807, 2.05) is 18.2 Å². The molecule has 0 aromatic heterocycles. The van der Waals surface area contributed by atoms with Crippen LogP contribution in [0.5, 0.6) is 0 Å². The Balaban J connectivity index is 1.87. The Labute approximate surface area is 133 Å². The molecule has 0 radical (unpaired) electrons. The first-order valence-corrected chi connectivity index (χ1v) is 8.26. The lowest BCUT2D eigenvalue weighted by molar-refractivity contribution is -0.125. The fourth-order valence-electron chi connectivity index (χ4n) is 3.25. The van der Waals surface area contributed by atoms with Gasteiger partial charge in [-0.2, -0.15) is 0 Å². The quantitative estimate of drug-likeness (QED) is 0.848. The highest BCUT2D eigenvalue weighted by Gasteiger charge is 2.35. The molecular weight excluding hydrogens is 276 g/mol. The van der Waals surface area contributed by atoms with Crippen molar-refractivity contribution in [3.05, 3.63) is 30.3 Å². The van der Waals surface area contributed by atoms with Crippen molar-refractivity contribution in [2.24, 2.45) is 11.8 Å². The number of nitrogens with zero attached hydrogens (tertiary/aromatic N) is 1. The summed E-state index contributed by atoms with van der Waals surface area (Å²) in [6, 6.07) is 10.4. The number of hydrogen-bond donors (Lipinski definition) is 2. The molecule has 0 saturated carbocycles. The number of carbonyl (C=O) groups is 1. The molecule has 1 amide bonds. The molecule has 1 aliphatic rings. The summed E-state index contributed by atoms with van der Waals surface area (Å²) in [4.78, 5) is 14.7. The molecule has 1 heterocycles. The number of aliphatic hydroxyl groups excluding tert-OH is 1. The van der Waals surface area contributed by atoms with Gasteiger partial charge in [-0.25, -0.2) is 0 Å². The molecule has 1 saturated heterocycles. The van der Waals surface area contributed by atoms with Crippen LogP contribution >= 0.6 is 0 Å². The van der Waals surface area contributed by atoms with Crippen LogP contribution in [-0.2, 0) is 4.79 Å². The normalized spacial score (nSPS) is 22.9. The lowest BCUT2D eigenvalue weighted by Crippen LogP contribution is -2.41. The Kier molecular flexibility index (Phi) is 5.83. The van der Waals surface area contributed by atoms with Crippen LogP contribution in [-0.4, -0.2) is 36.2 Å². The molecule has 0 spiro atoms. The molecule has 0 unspecified atom stereocenters. The second-order valence-electron chi connectivity index (χ2n) is 6.69. The summed E-state index contributed by atoms with van der Waals surface area (Å²) >= 11 is 0. The molecule has 4 nitrogen and oxygen atoms in total. The number of anilines is 1. The molecule has 1 aliphatic heterocycles.